The lowest BCUT2D eigenvalue weighted by atomic mass is 10.1. The Kier molecular flexibility index (Phi) is 3.46. The third-order valence-corrected chi connectivity index (χ3v) is 4.22. The number of thiophene rings is 1. The minimum absolute atomic E-state index is 0.0543. The van der Waals surface area contributed by atoms with Gasteiger partial charge >= 0.3 is 0 Å². The summed E-state index contributed by atoms with van der Waals surface area (Å²) in [4.78, 5) is 12.5. The molecule has 0 saturated heterocycles. The van der Waals surface area contributed by atoms with E-state index in [1.807, 2.05) is 18.2 Å². The molecule has 0 amide bonds. The van der Waals surface area contributed by atoms with Crippen molar-refractivity contribution in [3.8, 4) is 0 Å². The van der Waals surface area contributed by atoms with Crippen LogP contribution in [0.1, 0.15) is 30.9 Å². The molecule has 1 aromatic carbocycles. The summed E-state index contributed by atoms with van der Waals surface area (Å²) in [7, 11) is 0. The minimum atomic E-state index is 0.0543. The Morgan fingerprint density at radius 2 is 2.12 bits per heavy atom. The molecule has 16 heavy (non-hydrogen) atoms. The van der Waals surface area contributed by atoms with Crippen LogP contribution in [-0.2, 0) is 0 Å². The molecule has 1 unspecified atom stereocenters. The number of benzene rings is 1. The fraction of sp³-hybridized carbons (Fsp3) is 0.154. The number of hydrogen-bond donors (Lipinski definition) is 1. The first-order valence-electron chi connectivity index (χ1n) is 5.00. The number of carbonyl (C=O) groups is 1. The van der Waals surface area contributed by atoms with Gasteiger partial charge in [-0.05, 0) is 24.6 Å². The lowest BCUT2D eigenvalue weighted by Gasteiger charge is -2.09. The highest BCUT2D eigenvalue weighted by Crippen LogP contribution is 2.33. The predicted octanol–water partition coefficient (Wildman–Crippen LogP) is 3.89. The first kappa shape index (κ1) is 11.4. The quantitative estimate of drug-likeness (QED) is 0.644. The fourth-order valence-corrected chi connectivity index (χ4v) is 2.83. The van der Waals surface area contributed by atoms with Crippen LogP contribution in [0.15, 0.2) is 36.4 Å². The summed E-state index contributed by atoms with van der Waals surface area (Å²) in [6, 6.07) is 12.1. The summed E-state index contributed by atoms with van der Waals surface area (Å²) in [5.74, 6) is 0. The molecule has 0 spiro atoms. The normalized spacial score (nSPS) is 12.4. The molecule has 0 radical (unpaired) electrons. The zero-order valence-electron chi connectivity index (χ0n) is 8.88. The summed E-state index contributed by atoms with van der Waals surface area (Å²) in [5, 5.41) is 0.0543. The van der Waals surface area contributed by atoms with Crippen molar-refractivity contribution in [3.05, 3.63) is 57.3 Å². The molecule has 1 nitrogen and oxygen atoms in total. The topological polar surface area (TPSA) is 17.1 Å². The van der Waals surface area contributed by atoms with Crippen molar-refractivity contribution in [2.75, 3.05) is 0 Å². The smallest absolute Gasteiger partial charge is 0.160 e. The second kappa shape index (κ2) is 4.85. The van der Waals surface area contributed by atoms with Crippen LogP contribution >= 0.6 is 24.0 Å². The van der Waals surface area contributed by atoms with E-state index in [0.29, 0.717) is 0 Å². The van der Waals surface area contributed by atoms with E-state index in [2.05, 4.69) is 37.8 Å². The number of thiol groups is 1. The molecule has 2 rings (SSSR count). The van der Waals surface area contributed by atoms with Crippen LogP contribution in [0.2, 0.25) is 0 Å². The van der Waals surface area contributed by atoms with E-state index in [0.717, 1.165) is 16.0 Å². The van der Waals surface area contributed by atoms with Crippen molar-refractivity contribution in [3.63, 3.8) is 0 Å². The molecule has 0 fully saturated rings. The van der Waals surface area contributed by atoms with Crippen molar-refractivity contribution in [1.29, 1.82) is 0 Å². The largest absolute Gasteiger partial charge is 0.297 e. The van der Waals surface area contributed by atoms with E-state index < -0.39 is 0 Å². The van der Waals surface area contributed by atoms with Gasteiger partial charge in [0.25, 0.3) is 0 Å². The Balaban J connectivity index is 2.31. The highest BCUT2D eigenvalue weighted by molar-refractivity contribution is 7.81. The fourth-order valence-electron chi connectivity index (χ4n) is 1.58. The van der Waals surface area contributed by atoms with Crippen molar-refractivity contribution >= 4 is 30.3 Å². The monoisotopic (exact) mass is 248 g/mol. The molecule has 0 saturated carbocycles. The molecular formula is C13H12OS2. The van der Waals surface area contributed by atoms with Crippen molar-refractivity contribution in [2.24, 2.45) is 0 Å². The van der Waals surface area contributed by atoms with Crippen LogP contribution in [0.4, 0.5) is 0 Å². The van der Waals surface area contributed by atoms with Crippen LogP contribution in [0.3, 0.4) is 0 Å². The first-order valence-corrected chi connectivity index (χ1v) is 6.33. The Morgan fingerprint density at radius 3 is 2.75 bits per heavy atom. The van der Waals surface area contributed by atoms with Gasteiger partial charge in [-0.25, -0.2) is 0 Å². The van der Waals surface area contributed by atoms with Gasteiger partial charge in [-0.3, -0.25) is 4.79 Å². The second-order valence-electron chi connectivity index (χ2n) is 3.67. The van der Waals surface area contributed by atoms with Gasteiger partial charge in [0.05, 0.1) is 10.1 Å². The number of hydrogen-bond acceptors (Lipinski definition) is 3. The number of carbonyl (C=O) groups excluding carboxylic acids is 1. The summed E-state index contributed by atoms with van der Waals surface area (Å²) in [5.41, 5.74) is 2.39. The number of rotatable bonds is 3. The van der Waals surface area contributed by atoms with Gasteiger partial charge < -0.3 is 0 Å². The minimum Gasteiger partial charge on any atom is -0.297 e. The molecule has 1 heterocycles. The van der Waals surface area contributed by atoms with Crippen molar-refractivity contribution < 1.29 is 4.79 Å². The van der Waals surface area contributed by atoms with Crippen molar-refractivity contribution in [1.82, 2.24) is 0 Å². The third-order valence-electron chi connectivity index (χ3n) is 2.39. The SMILES string of the molecule is Cc1cccc(C(S)c2ccc(C=O)s2)c1. The van der Waals surface area contributed by atoms with Crippen molar-refractivity contribution in [2.45, 2.75) is 12.2 Å². The van der Waals surface area contributed by atoms with Gasteiger partial charge in [-0.2, -0.15) is 12.6 Å². The maximum Gasteiger partial charge on any atom is 0.160 e. The van der Waals surface area contributed by atoms with Gasteiger partial charge in [0, 0.05) is 4.88 Å². The van der Waals surface area contributed by atoms with Gasteiger partial charge in [0.15, 0.2) is 6.29 Å². The summed E-state index contributed by atoms with van der Waals surface area (Å²) < 4.78 is 0. The maximum atomic E-state index is 10.6. The van der Waals surface area contributed by atoms with E-state index in [1.165, 1.54) is 22.5 Å². The Morgan fingerprint density at radius 1 is 1.31 bits per heavy atom. The van der Waals surface area contributed by atoms with E-state index in [4.69, 9.17) is 0 Å². The second-order valence-corrected chi connectivity index (χ2v) is 5.34. The molecule has 0 N–H and O–H groups in total. The molecule has 3 heteroatoms. The zero-order valence-corrected chi connectivity index (χ0v) is 10.6. The summed E-state index contributed by atoms with van der Waals surface area (Å²) in [6.45, 7) is 2.06. The van der Waals surface area contributed by atoms with Crippen LogP contribution in [0.5, 0.6) is 0 Å². The van der Waals surface area contributed by atoms with Gasteiger partial charge in [0.2, 0.25) is 0 Å². The maximum absolute atomic E-state index is 10.6. The molecule has 1 aromatic heterocycles. The molecule has 0 bridgehead atoms. The van der Waals surface area contributed by atoms with Crippen LogP contribution in [0.25, 0.3) is 0 Å². The lowest BCUT2D eigenvalue weighted by molar-refractivity contribution is 0.112. The van der Waals surface area contributed by atoms with Gasteiger partial charge in [0.1, 0.15) is 0 Å². The Hall–Kier alpha value is -1.06. The lowest BCUT2D eigenvalue weighted by Crippen LogP contribution is -1.90. The molecule has 1 atom stereocenters. The van der Waals surface area contributed by atoms with Gasteiger partial charge in [-0.1, -0.05) is 29.8 Å². The molecular weight excluding hydrogens is 236 g/mol. The Bertz CT molecular complexity index is 502. The molecule has 0 aliphatic carbocycles. The van der Waals surface area contributed by atoms with Crippen LogP contribution in [-0.4, -0.2) is 6.29 Å². The highest BCUT2D eigenvalue weighted by Gasteiger charge is 2.11. The summed E-state index contributed by atoms with van der Waals surface area (Å²) in [6.07, 6.45) is 0.880. The van der Waals surface area contributed by atoms with E-state index in [-0.39, 0.29) is 5.25 Å². The van der Waals surface area contributed by atoms with E-state index in [1.54, 1.807) is 0 Å². The Labute approximate surface area is 105 Å². The predicted molar refractivity (Wildman–Crippen MR) is 71.7 cm³/mol. The third kappa shape index (κ3) is 2.36. The average Bonchev–Trinajstić information content (AvgIpc) is 2.76. The molecule has 82 valence electrons. The molecule has 0 aliphatic rings. The average molecular weight is 248 g/mol. The molecule has 2 aromatic rings. The number of aryl methyl sites for hydroxylation is 1. The van der Waals surface area contributed by atoms with E-state index in [9.17, 15) is 4.79 Å². The zero-order chi connectivity index (χ0) is 11.5. The summed E-state index contributed by atoms with van der Waals surface area (Å²) >= 11 is 6.10. The van der Waals surface area contributed by atoms with Crippen LogP contribution in [0, 0.1) is 6.92 Å². The van der Waals surface area contributed by atoms with E-state index >= 15 is 0 Å². The van der Waals surface area contributed by atoms with Crippen LogP contribution < -0.4 is 0 Å². The number of aldehydes is 1. The van der Waals surface area contributed by atoms with Gasteiger partial charge in [-0.15, -0.1) is 11.3 Å². The standard InChI is InChI=1S/C13H12OS2/c1-9-3-2-4-10(7-9)13(15)12-6-5-11(8-14)16-12/h2-8,13,15H,1H3. The highest BCUT2D eigenvalue weighted by atomic mass is 32.1. The molecule has 0 aliphatic heterocycles. The first-order chi connectivity index (χ1) is 7.70.